The highest BCUT2D eigenvalue weighted by molar-refractivity contribution is 6.19. The van der Waals surface area contributed by atoms with E-state index < -0.39 is 16.8 Å². The van der Waals surface area contributed by atoms with Crippen LogP contribution in [0.15, 0.2) is 0 Å². The van der Waals surface area contributed by atoms with Crippen LogP contribution in [0, 0.1) is 10.1 Å². The van der Waals surface area contributed by atoms with Crippen molar-refractivity contribution in [1.29, 1.82) is 0 Å². The van der Waals surface area contributed by atoms with E-state index in [1.807, 2.05) is 0 Å². The molecule has 0 amide bonds. The van der Waals surface area contributed by atoms with Gasteiger partial charge in [0.05, 0.1) is 13.2 Å². The Morgan fingerprint density at radius 1 is 1.47 bits per heavy atom. The summed E-state index contributed by atoms with van der Waals surface area (Å²) in [6, 6.07) is 0. The molecule has 0 spiro atoms. The summed E-state index contributed by atoms with van der Waals surface area (Å²) in [7, 11) is 0. The molecule has 0 heterocycles. The first-order valence-corrected chi connectivity index (χ1v) is 4.71. The predicted octanol–water partition coefficient (Wildman–Crippen LogP) is 1.71. The van der Waals surface area contributed by atoms with Gasteiger partial charge in [-0.15, -0.1) is 10.1 Å². The van der Waals surface area contributed by atoms with Gasteiger partial charge in [0.15, 0.2) is 5.56 Å². The maximum absolute atomic E-state index is 10.7. The third-order valence-corrected chi connectivity index (χ3v) is 1.30. The largest absolute Gasteiger partial charge is 0.509 e. The standard InChI is InChI=1S/C7H12ClNO6/c1-6(8)15-7(10)13-4-2-3-5-14-9(11)12/h6H,2-5H2,1H3. The highest BCUT2D eigenvalue weighted by Crippen LogP contribution is 1.99. The number of nitrogens with zero attached hydrogens (tertiary/aromatic N) is 1. The van der Waals surface area contributed by atoms with Crippen LogP contribution >= 0.6 is 11.6 Å². The Morgan fingerprint density at radius 3 is 2.60 bits per heavy atom. The Balaban J connectivity index is 3.24. The topological polar surface area (TPSA) is 87.9 Å². The molecule has 1 atom stereocenters. The molecule has 15 heavy (non-hydrogen) atoms. The second kappa shape index (κ2) is 8.10. The van der Waals surface area contributed by atoms with E-state index in [4.69, 9.17) is 11.6 Å². The van der Waals surface area contributed by atoms with Gasteiger partial charge in [0.1, 0.15) is 0 Å². The third-order valence-electron chi connectivity index (χ3n) is 1.21. The molecule has 0 radical (unpaired) electrons. The fraction of sp³-hybridized carbons (Fsp3) is 0.857. The van der Waals surface area contributed by atoms with Gasteiger partial charge < -0.3 is 14.3 Å². The van der Waals surface area contributed by atoms with Crippen molar-refractivity contribution in [3.63, 3.8) is 0 Å². The molecular formula is C7H12ClNO6. The van der Waals surface area contributed by atoms with Crippen LogP contribution in [0.2, 0.25) is 0 Å². The average Bonchev–Trinajstić information content (AvgIpc) is 2.09. The van der Waals surface area contributed by atoms with Crippen LogP contribution in [0.1, 0.15) is 19.8 Å². The van der Waals surface area contributed by atoms with Crippen molar-refractivity contribution in [1.82, 2.24) is 0 Å². The molecule has 88 valence electrons. The van der Waals surface area contributed by atoms with Gasteiger partial charge in [-0.05, 0) is 19.8 Å². The van der Waals surface area contributed by atoms with Crippen LogP contribution < -0.4 is 0 Å². The predicted molar refractivity (Wildman–Crippen MR) is 49.9 cm³/mol. The Bertz CT molecular complexity index is 210. The number of unbranched alkanes of at least 4 members (excludes halogenated alkanes) is 1. The van der Waals surface area contributed by atoms with Gasteiger partial charge in [0.25, 0.3) is 5.09 Å². The highest BCUT2D eigenvalue weighted by atomic mass is 35.5. The number of hydrogen-bond donors (Lipinski definition) is 0. The maximum atomic E-state index is 10.7. The Hall–Kier alpha value is -1.24. The summed E-state index contributed by atoms with van der Waals surface area (Å²) in [5.74, 6) is 0. The average molecular weight is 242 g/mol. The molecule has 0 saturated heterocycles. The minimum absolute atomic E-state index is 0.0166. The number of carbonyl (C=O) groups excluding carboxylic acids is 1. The minimum Gasteiger partial charge on any atom is -0.434 e. The van der Waals surface area contributed by atoms with Crippen molar-refractivity contribution in [3.05, 3.63) is 10.1 Å². The molecule has 0 N–H and O–H groups in total. The first kappa shape index (κ1) is 13.8. The van der Waals surface area contributed by atoms with Gasteiger partial charge in [-0.25, -0.2) is 4.79 Å². The highest BCUT2D eigenvalue weighted by Gasteiger charge is 2.06. The second-order valence-electron chi connectivity index (χ2n) is 2.52. The van der Waals surface area contributed by atoms with E-state index in [2.05, 4.69) is 14.3 Å². The summed E-state index contributed by atoms with van der Waals surface area (Å²) in [6.07, 6.45) is 0.0253. The fourth-order valence-electron chi connectivity index (χ4n) is 0.665. The molecule has 0 aliphatic heterocycles. The Labute approximate surface area is 91.3 Å². The molecule has 0 saturated carbocycles. The summed E-state index contributed by atoms with van der Waals surface area (Å²) in [5, 5.41) is 8.85. The summed E-state index contributed by atoms with van der Waals surface area (Å²) >= 11 is 5.35. The van der Waals surface area contributed by atoms with Crippen LogP contribution in [0.5, 0.6) is 0 Å². The first-order valence-electron chi connectivity index (χ1n) is 4.27. The van der Waals surface area contributed by atoms with Gasteiger partial charge in [0, 0.05) is 0 Å². The van der Waals surface area contributed by atoms with E-state index in [1.54, 1.807) is 0 Å². The molecule has 1 unspecified atom stereocenters. The monoisotopic (exact) mass is 241 g/mol. The summed E-state index contributed by atoms with van der Waals surface area (Å²) in [5.41, 5.74) is -0.740. The lowest BCUT2D eigenvalue weighted by Crippen LogP contribution is -2.12. The molecule has 0 aromatic carbocycles. The number of carbonyl (C=O) groups is 1. The van der Waals surface area contributed by atoms with E-state index in [0.29, 0.717) is 12.8 Å². The molecule has 0 aromatic heterocycles. The van der Waals surface area contributed by atoms with Crippen LogP contribution in [0.4, 0.5) is 4.79 Å². The maximum Gasteiger partial charge on any atom is 0.509 e. The van der Waals surface area contributed by atoms with Crippen molar-refractivity contribution in [2.45, 2.75) is 25.3 Å². The zero-order chi connectivity index (χ0) is 11.7. The summed E-state index contributed by atoms with van der Waals surface area (Å²) < 4.78 is 9.05. The molecule has 0 aromatic rings. The van der Waals surface area contributed by atoms with Crippen molar-refractivity contribution in [2.24, 2.45) is 0 Å². The van der Waals surface area contributed by atoms with E-state index in [-0.39, 0.29) is 13.2 Å². The molecule has 0 aliphatic carbocycles. The van der Waals surface area contributed by atoms with Crippen molar-refractivity contribution in [2.75, 3.05) is 13.2 Å². The molecule has 0 fully saturated rings. The summed E-state index contributed by atoms with van der Waals surface area (Å²) in [4.78, 5) is 24.5. The molecule has 7 nitrogen and oxygen atoms in total. The quantitative estimate of drug-likeness (QED) is 0.222. The van der Waals surface area contributed by atoms with Gasteiger partial charge in [-0.1, -0.05) is 11.6 Å². The normalized spacial score (nSPS) is 11.6. The van der Waals surface area contributed by atoms with Gasteiger partial charge >= 0.3 is 6.16 Å². The molecular weight excluding hydrogens is 230 g/mol. The van der Waals surface area contributed by atoms with E-state index in [0.717, 1.165) is 0 Å². The van der Waals surface area contributed by atoms with E-state index >= 15 is 0 Å². The summed E-state index contributed by atoms with van der Waals surface area (Å²) in [6.45, 7) is 1.58. The fourth-order valence-corrected chi connectivity index (χ4v) is 0.738. The minimum atomic E-state index is -0.871. The van der Waals surface area contributed by atoms with E-state index in [1.165, 1.54) is 6.92 Å². The molecule has 0 rings (SSSR count). The number of rotatable bonds is 7. The van der Waals surface area contributed by atoms with Crippen molar-refractivity contribution < 1.29 is 24.2 Å². The van der Waals surface area contributed by atoms with Crippen LogP contribution in [0.25, 0.3) is 0 Å². The lowest BCUT2D eigenvalue weighted by molar-refractivity contribution is -0.757. The number of alkyl halides is 1. The Morgan fingerprint density at radius 2 is 2.07 bits per heavy atom. The molecule has 8 heteroatoms. The first-order chi connectivity index (χ1) is 7.02. The van der Waals surface area contributed by atoms with Crippen molar-refractivity contribution >= 4 is 17.8 Å². The lowest BCUT2D eigenvalue weighted by Gasteiger charge is -2.06. The molecule has 0 bridgehead atoms. The van der Waals surface area contributed by atoms with Crippen molar-refractivity contribution in [3.8, 4) is 0 Å². The second-order valence-corrected chi connectivity index (χ2v) is 3.14. The number of halogens is 1. The van der Waals surface area contributed by atoms with Crippen LogP contribution in [-0.2, 0) is 14.3 Å². The SMILES string of the molecule is CC(Cl)OC(=O)OCCCCO[N+](=O)[O-]. The smallest absolute Gasteiger partial charge is 0.434 e. The number of hydrogen-bond acceptors (Lipinski definition) is 6. The zero-order valence-corrected chi connectivity index (χ0v) is 8.94. The van der Waals surface area contributed by atoms with Crippen LogP contribution in [0.3, 0.4) is 0 Å². The van der Waals surface area contributed by atoms with Gasteiger partial charge in [0.2, 0.25) is 0 Å². The van der Waals surface area contributed by atoms with Gasteiger partial charge in [-0.2, -0.15) is 0 Å². The molecule has 0 aliphatic rings. The van der Waals surface area contributed by atoms with Crippen LogP contribution in [-0.4, -0.2) is 30.0 Å². The lowest BCUT2D eigenvalue weighted by atomic mass is 10.3. The third kappa shape index (κ3) is 10.7. The zero-order valence-electron chi connectivity index (χ0n) is 8.18. The number of ether oxygens (including phenoxy) is 2. The van der Waals surface area contributed by atoms with Gasteiger partial charge in [-0.3, -0.25) is 0 Å². The Kier molecular flexibility index (Phi) is 7.43. The van der Waals surface area contributed by atoms with E-state index in [9.17, 15) is 14.9 Å².